The molecule has 0 bridgehead atoms. The summed E-state index contributed by atoms with van der Waals surface area (Å²) in [5.41, 5.74) is 0.609. The molecule has 2 atom stereocenters. The van der Waals surface area contributed by atoms with Crippen molar-refractivity contribution in [2.45, 2.75) is 38.3 Å². The van der Waals surface area contributed by atoms with Crippen LogP contribution in [0.4, 0.5) is 0 Å². The molecule has 0 radical (unpaired) electrons. The van der Waals surface area contributed by atoms with Crippen molar-refractivity contribution >= 4 is 0 Å². The second-order valence-electron chi connectivity index (χ2n) is 5.46. The Morgan fingerprint density at radius 2 is 2.15 bits per heavy atom. The lowest BCUT2D eigenvalue weighted by Crippen LogP contribution is -2.46. The van der Waals surface area contributed by atoms with E-state index >= 15 is 0 Å². The van der Waals surface area contributed by atoms with E-state index in [1.807, 2.05) is 38.1 Å². The van der Waals surface area contributed by atoms with Gasteiger partial charge in [-0.05, 0) is 44.4 Å². The average Bonchev–Trinajstić information content (AvgIpc) is 2.99. The Kier molecular flexibility index (Phi) is 5.40. The Morgan fingerprint density at radius 1 is 1.40 bits per heavy atom. The van der Waals surface area contributed by atoms with Crippen LogP contribution in [0.1, 0.15) is 32.3 Å². The second-order valence-corrected chi connectivity index (χ2v) is 5.46. The monoisotopic (exact) mass is 279 g/mol. The van der Waals surface area contributed by atoms with Crippen molar-refractivity contribution in [3.63, 3.8) is 0 Å². The summed E-state index contributed by atoms with van der Waals surface area (Å²) in [5, 5.41) is 13.2. The summed E-state index contributed by atoms with van der Waals surface area (Å²) in [6, 6.07) is 7.90. The van der Waals surface area contributed by atoms with Crippen molar-refractivity contribution in [1.29, 1.82) is 0 Å². The number of benzene rings is 1. The Bertz CT molecular complexity index is 401. The van der Waals surface area contributed by atoms with E-state index in [1.54, 1.807) is 0 Å². The minimum absolute atomic E-state index is 0.0493. The van der Waals surface area contributed by atoms with Crippen LogP contribution in [0.5, 0.6) is 5.75 Å². The van der Waals surface area contributed by atoms with Crippen LogP contribution in [-0.4, -0.2) is 37.6 Å². The number of hydrogen-bond donors (Lipinski definition) is 2. The largest absolute Gasteiger partial charge is 0.494 e. The second kappa shape index (κ2) is 7.07. The van der Waals surface area contributed by atoms with E-state index < -0.39 is 5.54 Å². The highest BCUT2D eigenvalue weighted by atomic mass is 16.5. The third-order valence-electron chi connectivity index (χ3n) is 3.86. The number of aliphatic hydroxyl groups excluding tert-OH is 1. The van der Waals surface area contributed by atoms with Crippen LogP contribution < -0.4 is 10.1 Å². The third kappa shape index (κ3) is 3.72. The molecule has 20 heavy (non-hydrogen) atoms. The maximum absolute atomic E-state index is 9.75. The van der Waals surface area contributed by atoms with E-state index in [1.165, 1.54) is 0 Å². The van der Waals surface area contributed by atoms with Crippen LogP contribution in [0.3, 0.4) is 0 Å². The molecule has 1 heterocycles. The molecule has 2 rings (SSSR count). The zero-order valence-electron chi connectivity index (χ0n) is 12.4. The topological polar surface area (TPSA) is 50.7 Å². The molecule has 112 valence electrons. The van der Waals surface area contributed by atoms with E-state index in [2.05, 4.69) is 5.32 Å². The van der Waals surface area contributed by atoms with Crippen molar-refractivity contribution in [1.82, 2.24) is 5.32 Å². The van der Waals surface area contributed by atoms with Gasteiger partial charge in [-0.15, -0.1) is 0 Å². The lowest BCUT2D eigenvalue weighted by Gasteiger charge is -2.31. The minimum atomic E-state index is -0.448. The van der Waals surface area contributed by atoms with Gasteiger partial charge in [-0.1, -0.05) is 12.1 Å². The van der Waals surface area contributed by atoms with Crippen LogP contribution in [0.2, 0.25) is 0 Å². The lowest BCUT2D eigenvalue weighted by atomic mass is 9.92. The van der Waals surface area contributed by atoms with Gasteiger partial charge in [0, 0.05) is 13.2 Å². The maximum atomic E-state index is 9.75. The fourth-order valence-electron chi connectivity index (χ4n) is 2.48. The molecule has 2 N–H and O–H groups in total. The lowest BCUT2D eigenvalue weighted by molar-refractivity contribution is 0.0910. The van der Waals surface area contributed by atoms with Gasteiger partial charge >= 0.3 is 0 Å². The first-order chi connectivity index (χ1) is 9.68. The first-order valence-corrected chi connectivity index (χ1v) is 7.39. The molecule has 4 heteroatoms. The summed E-state index contributed by atoms with van der Waals surface area (Å²) in [6.45, 7) is 6.31. The molecule has 0 spiro atoms. The van der Waals surface area contributed by atoms with Crippen LogP contribution in [0.15, 0.2) is 24.3 Å². The molecule has 1 saturated heterocycles. The fraction of sp³-hybridized carbons (Fsp3) is 0.625. The zero-order valence-corrected chi connectivity index (χ0v) is 12.4. The molecule has 1 aliphatic heterocycles. The quantitative estimate of drug-likeness (QED) is 0.802. The molecular formula is C16H25NO3. The minimum Gasteiger partial charge on any atom is -0.494 e. The Balaban J connectivity index is 2.00. The van der Waals surface area contributed by atoms with E-state index in [0.29, 0.717) is 6.61 Å². The average molecular weight is 279 g/mol. The molecule has 1 aliphatic rings. The zero-order chi connectivity index (χ0) is 14.4. The standard InChI is InChI=1S/C16H25NO3/c1-3-19-14-8-6-13(7-9-14)16(2,12-18)17-11-15-5-4-10-20-15/h6-9,15,17-18H,3-5,10-12H2,1-2H3. The molecule has 1 aromatic rings. The van der Waals surface area contributed by atoms with Gasteiger partial charge in [0.2, 0.25) is 0 Å². The van der Waals surface area contributed by atoms with Crippen molar-refractivity contribution in [2.24, 2.45) is 0 Å². The van der Waals surface area contributed by atoms with Gasteiger partial charge < -0.3 is 19.9 Å². The Morgan fingerprint density at radius 3 is 2.70 bits per heavy atom. The highest BCUT2D eigenvalue weighted by molar-refractivity contribution is 5.31. The van der Waals surface area contributed by atoms with Crippen molar-refractivity contribution in [2.75, 3.05) is 26.4 Å². The molecule has 0 aromatic heterocycles. The molecule has 0 aliphatic carbocycles. The molecule has 1 fully saturated rings. The Labute approximate surface area is 121 Å². The summed E-state index contributed by atoms with van der Waals surface area (Å²) in [4.78, 5) is 0. The van der Waals surface area contributed by atoms with Crippen molar-refractivity contribution in [3.05, 3.63) is 29.8 Å². The van der Waals surface area contributed by atoms with Gasteiger partial charge in [0.05, 0.1) is 24.9 Å². The van der Waals surface area contributed by atoms with Gasteiger partial charge in [0.1, 0.15) is 5.75 Å². The van der Waals surface area contributed by atoms with Crippen LogP contribution in [0.25, 0.3) is 0 Å². The van der Waals surface area contributed by atoms with Crippen LogP contribution in [0, 0.1) is 0 Å². The first-order valence-electron chi connectivity index (χ1n) is 7.39. The van der Waals surface area contributed by atoms with Gasteiger partial charge in [-0.25, -0.2) is 0 Å². The Hall–Kier alpha value is -1.10. The van der Waals surface area contributed by atoms with E-state index in [9.17, 15) is 5.11 Å². The molecule has 4 nitrogen and oxygen atoms in total. The molecular weight excluding hydrogens is 254 g/mol. The number of aliphatic hydroxyl groups is 1. The first kappa shape index (κ1) is 15.3. The third-order valence-corrected chi connectivity index (χ3v) is 3.86. The smallest absolute Gasteiger partial charge is 0.119 e. The highest BCUT2D eigenvalue weighted by Gasteiger charge is 2.27. The predicted molar refractivity (Wildman–Crippen MR) is 79.0 cm³/mol. The highest BCUT2D eigenvalue weighted by Crippen LogP contribution is 2.24. The maximum Gasteiger partial charge on any atom is 0.119 e. The SMILES string of the molecule is CCOc1ccc(C(C)(CO)NCC2CCCO2)cc1. The normalized spacial score (nSPS) is 21.6. The predicted octanol–water partition coefficient (Wildman–Crippen LogP) is 2.06. The van der Waals surface area contributed by atoms with Crippen molar-refractivity contribution in [3.8, 4) is 5.75 Å². The summed E-state index contributed by atoms with van der Waals surface area (Å²) in [6.07, 6.45) is 2.49. The number of rotatable bonds is 7. The molecule has 2 unspecified atom stereocenters. The van der Waals surface area contributed by atoms with Gasteiger partial charge in [0.25, 0.3) is 0 Å². The van der Waals surface area contributed by atoms with E-state index in [4.69, 9.17) is 9.47 Å². The van der Waals surface area contributed by atoms with E-state index in [0.717, 1.165) is 37.3 Å². The number of hydrogen-bond acceptors (Lipinski definition) is 4. The molecule has 1 aromatic carbocycles. The fourth-order valence-corrected chi connectivity index (χ4v) is 2.48. The van der Waals surface area contributed by atoms with Crippen LogP contribution in [-0.2, 0) is 10.3 Å². The van der Waals surface area contributed by atoms with Crippen LogP contribution >= 0.6 is 0 Å². The summed E-state index contributed by atoms with van der Waals surface area (Å²) in [7, 11) is 0. The molecule has 0 saturated carbocycles. The van der Waals surface area contributed by atoms with E-state index in [-0.39, 0.29) is 12.7 Å². The number of nitrogens with one attached hydrogen (secondary N) is 1. The van der Waals surface area contributed by atoms with Gasteiger partial charge in [0.15, 0.2) is 0 Å². The summed E-state index contributed by atoms with van der Waals surface area (Å²) >= 11 is 0. The number of ether oxygens (including phenoxy) is 2. The summed E-state index contributed by atoms with van der Waals surface area (Å²) in [5.74, 6) is 0.857. The summed E-state index contributed by atoms with van der Waals surface area (Å²) < 4.78 is 11.1. The van der Waals surface area contributed by atoms with Gasteiger partial charge in [-0.2, -0.15) is 0 Å². The molecule has 0 amide bonds. The van der Waals surface area contributed by atoms with Crippen molar-refractivity contribution < 1.29 is 14.6 Å². The van der Waals surface area contributed by atoms with Gasteiger partial charge in [-0.3, -0.25) is 0 Å².